The first-order valence-electron chi connectivity index (χ1n) is 6.70. The monoisotopic (exact) mass is 368 g/mol. The minimum Gasteiger partial charge on any atom is -0.325 e. The Morgan fingerprint density at radius 2 is 1.78 bits per heavy atom. The van der Waals surface area contributed by atoms with Crippen LogP contribution in [-0.4, -0.2) is 17.6 Å². The van der Waals surface area contributed by atoms with Gasteiger partial charge in [0, 0.05) is 16.8 Å². The van der Waals surface area contributed by atoms with Crippen LogP contribution >= 0.6 is 35.0 Å². The topological polar surface area (TPSA) is 58.2 Å². The van der Waals surface area contributed by atoms with Crippen molar-refractivity contribution in [2.24, 2.45) is 0 Å². The van der Waals surface area contributed by atoms with Gasteiger partial charge < -0.3 is 10.6 Å². The first-order valence-corrected chi connectivity index (χ1v) is 8.44. The summed E-state index contributed by atoms with van der Waals surface area (Å²) in [5.74, 6) is -0.190. The molecule has 2 amide bonds. The van der Waals surface area contributed by atoms with Crippen molar-refractivity contribution in [3.63, 3.8) is 0 Å². The maximum absolute atomic E-state index is 12.1. The van der Waals surface area contributed by atoms with Gasteiger partial charge >= 0.3 is 0 Å². The van der Waals surface area contributed by atoms with Crippen molar-refractivity contribution in [3.8, 4) is 0 Å². The molecular formula is C16H14Cl2N2O2S. The maximum atomic E-state index is 12.1. The number of rotatable bonds is 5. The SMILES string of the molecule is CC(=O)Nc1ccccc1SCC(=O)Nc1cc(Cl)ccc1Cl. The number of thioether (sulfide) groups is 1. The fraction of sp³-hybridized carbons (Fsp3) is 0.125. The third-order valence-electron chi connectivity index (χ3n) is 2.76. The van der Waals surface area contributed by atoms with Gasteiger partial charge in [-0.25, -0.2) is 0 Å². The zero-order valence-corrected chi connectivity index (χ0v) is 14.6. The van der Waals surface area contributed by atoms with Gasteiger partial charge in [-0.1, -0.05) is 35.3 Å². The van der Waals surface area contributed by atoms with Crippen LogP contribution in [0.15, 0.2) is 47.4 Å². The predicted octanol–water partition coefficient (Wildman–Crippen LogP) is 4.68. The molecule has 0 aliphatic heterocycles. The highest BCUT2D eigenvalue weighted by molar-refractivity contribution is 8.00. The molecule has 4 nitrogen and oxygen atoms in total. The molecule has 0 aromatic heterocycles. The van der Waals surface area contributed by atoms with Crippen molar-refractivity contribution >= 4 is 58.2 Å². The predicted molar refractivity (Wildman–Crippen MR) is 96.6 cm³/mol. The molecule has 0 bridgehead atoms. The van der Waals surface area contributed by atoms with Gasteiger partial charge in [0.2, 0.25) is 11.8 Å². The summed E-state index contributed by atoms with van der Waals surface area (Å²) < 4.78 is 0. The normalized spacial score (nSPS) is 10.2. The first-order chi connectivity index (χ1) is 11.0. The van der Waals surface area contributed by atoms with Crippen LogP contribution < -0.4 is 10.6 Å². The molecule has 0 saturated heterocycles. The number of nitrogens with one attached hydrogen (secondary N) is 2. The molecule has 2 rings (SSSR count). The molecule has 120 valence electrons. The Morgan fingerprint density at radius 3 is 2.52 bits per heavy atom. The van der Waals surface area contributed by atoms with Crippen LogP contribution in [0.2, 0.25) is 10.0 Å². The number of halogens is 2. The summed E-state index contributed by atoms with van der Waals surface area (Å²) in [4.78, 5) is 24.1. The average molecular weight is 369 g/mol. The second kappa shape index (κ2) is 8.24. The number of hydrogen-bond donors (Lipinski definition) is 2. The molecule has 0 unspecified atom stereocenters. The van der Waals surface area contributed by atoms with E-state index in [0.717, 1.165) is 4.90 Å². The van der Waals surface area contributed by atoms with E-state index in [1.54, 1.807) is 24.3 Å². The number of hydrogen-bond acceptors (Lipinski definition) is 3. The van der Waals surface area contributed by atoms with Gasteiger partial charge in [-0.3, -0.25) is 9.59 Å². The number of amides is 2. The van der Waals surface area contributed by atoms with Crippen LogP contribution in [0, 0.1) is 0 Å². The summed E-state index contributed by atoms with van der Waals surface area (Å²) in [7, 11) is 0. The summed E-state index contributed by atoms with van der Waals surface area (Å²) in [5, 5.41) is 6.37. The van der Waals surface area contributed by atoms with E-state index in [4.69, 9.17) is 23.2 Å². The van der Waals surface area contributed by atoms with Crippen molar-refractivity contribution in [2.45, 2.75) is 11.8 Å². The van der Waals surface area contributed by atoms with E-state index >= 15 is 0 Å². The highest BCUT2D eigenvalue weighted by Crippen LogP contribution is 2.28. The Kier molecular flexibility index (Phi) is 6.33. The quantitative estimate of drug-likeness (QED) is 0.753. The number of carbonyl (C=O) groups excluding carboxylic acids is 2. The molecule has 2 aromatic rings. The van der Waals surface area contributed by atoms with Gasteiger partial charge in [0.15, 0.2) is 0 Å². The summed E-state index contributed by atoms with van der Waals surface area (Å²) in [6.45, 7) is 1.44. The molecule has 0 atom stereocenters. The van der Waals surface area contributed by atoms with Crippen LogP contribution in [0.5, 0.6) is 0 Å². The summed E-state index contributed by atoms with van der Waals surface area (Å²) in [5.41, 5.74) is 1.15. The molecule has 0 heterocycles. The maximum Gasteiger partial charge on any atom is 0.234 e. The van der Waals surface area contributed by atoms with Gasteiger partial charge in [0.05, 0.1) is 22.2 Å². The lowest BCUT2D eigenvalue weighted by molar-refractivity contribution is -0.114. The number of para-hydroxylation sites is 1. The minimum absolute atomic E-state index is 0.159. The van der Waals surface area contributed by atoms with E-state index in [1.807, 2.05) is 18.2 Å². The standard InChI is InChI=1S/C16H14Cl2N2O2S/c1-10(21)19-13-4-2-3-5-15(13)23-9-16(22)20-14-8-11(17)6-7-12(14)18/h2-8H,9H2,1H3,(H,19,21)(H,20,22). The highest BCUT2D eigenvalue weighted by Gasteiger charge is 2.10. The van der Waals surface area contributed by atoms with Gasteiger partial charge in [0.25, 0.3) is 0 Å². The Morgan fingerprint density at radius 1 is 1.04 bits per heavy atom. The summed E-state index contributed by atoms with van der Waals surface area (Å²) in [6, 6.07) is 12.2. The second-order valence-corrected chi connectivity index (χ2v) is 6.50. The largest absolute Gasteiger partial charge is 0.325 e. The number of anilines is 2. The van der Waals surface area contributed by atoms with Gasteiger partial charge in [-0.05, 0) is 30.3 Å². The van der Waals surface area contributed by atoms with Crippen molar-refractivity contribution in [3.05, 3.63) is 52.5 Å². The molecule has 23 heavy (non-hydrogen) atoms. The zero-order valence-electron chi connectivity index (χ0n) is 12.2. The average Bonchev–Trinajstić information content (AvgIpc) is 2.49. The Hall–Kier alpha value is -1.69. The summed E-state index contributed by atoms with van der Waals surface area (Å²) >= 11 is 13.2. The van der Waals surface area contributed by atoms with Crippen LogP contribution in [0.1, 0.15) is 6.92 Å². The second-order valence-electron chi connectivity index (χ2n) is 4.64. The first kappa shape index (κ1) is 17.7. The van der Waals surface area contributed by atoms with E-state index in [0.29, 0.717) is 21.4 Å². The highest BCUT2D eigenvalue weighted by atomic mass is 35.5. The van der Waals surface area contributed by atoms with Crippen LogP contribution in [-0.2, 0) is 9.59 Å². The third-order valence-corrected chi connectivity index (χ3v) is 4.40. The fourth-order valence-electron chi connectivity index (χ4n) is 1.81. The van der Waals surface area contributed by atoms with E-state index in [2.05, 4.69) is 10.6 Å². The lowest BCUT2D eigenvalue weighted by Crippen LogP contribution is -2.14. The number of carbonyl (C=O) groups is 2. The molecule has 0 aliphatic carbocycles. The van der Waals surface area contributed by atoms with Gasteiger partial charge in [-0.2, -0.15) is 0 Å². The van der Waals surface area contributed by atoms with E-state index in [9.17, 15) is 9.59 Å². The van der Waals surface area contributed by atoms with E-state index in [-0.39, 0.29) is 17.6 Å². The van der Waals surface area contributed by atoms with Crippen LogP contribution in [0.3, 0.4) is 0 Å². The molecule has 2 N–H and O–H groups in total. The fourth-order valence-corrected chi connectivity index (χ4v) is 2.95. The molecule has 0 saturated carbocycles. The number of benzene rings is 2. The van der Waals surface area contributed by atoms with E-state index in [1.165, 1.54) is 18.7 Å². The van der Waals surface area contributed by atoms with Crippen molar-refractivity contribution < 1.29 is 9.59 Å². The molecule has 0 spiro atoms. The molecule has 0 radical (unpaired) electrons. The third kappa shape index (κ3) is 5.46. The summed E-state index contributed by atoms with van der Waals surface area (Å²) in [6.07, 6.45) is 0. The molecule has 7 heteroatoms. The van der Waals surface area contributed by atoms with Gasteiger partial charge in [0.1, 0.15) is 0 Å². The van der Waals surface area contributed by atoms with Crippen molar-refractivity contribution in [1.29, 1.82) is 0 Å². The molecule has 0 aliphatic rings. The molecular weight excluding hydrogens is 355 g/mol. The van der Waals surface area contributed by atoms with Crippen LogP contribution in [0.25, 0.3) is 0 Å². The van der Waals surface area contributed by atoms with Crippen molar-refractivity contribution in [1.82, 2.24) is 0 Å². The molecule has 0 fully saturated rings. The van der Waals surface area contributed by atoms with Crippen molar-refractivity contribution in [2.75, 3.05) is 16.4 Å². The van der Waals surface area contributed by atoms with Gasteiger partial charge in [-0.15, -0.1) is 11.8 Å². The minimum atomic E-state index is -0.211. The lowest BCUT2D eigenvalue weighted by Gasteiger charge is -2.10. The zero-order chi connectivity index (χ0) is 16.8. The Bertz CT molecular complexity index is 738. The molecule has 2 aromatic carbocycles. The Balaban J connectivity index is 1.99. The lowest BCUT2D eigenvalue weighted by atomic mass is 10.3. The van der Waals surface area contributed by atoms with Crippen LogP contribution in [0.4, 0.5) is 11.4 Å². The smallest absolute Gasteiger partial charge is 0.234 e. The van der Waals surface area contributed by atoms with E-state index < -0.39 is 0 Å². The Labute approximate surface area is 148 Å².